The number of rotatable bonds is 4. The van der Waals surface area contributed by atoms with Crippen molar-refractivity contribution in [1.82, 2.24) is 0 Å². The molecule has 0 saturated heterocycles. The second-order valence-electron chi connectivity index (χ2n) is 2.91. The number of nitrogens with zero attached hydrogens (tertiary/aromatic N) is 2. The van der Waals surface area contributed by atoms with Gasteiger partial charge in [-0.2, -0.15) is 0 Å². The van der Waals surface area contributed by atoms with Crippen molar-refractivity contribution in [3.63, 3.8) is 0 Å². The van der Waals surface area contributed by atoms with E-state index in [9.17, 15) is 10.0 Å². The van der Waals surface area contributed by atoms with Gasteiger partial charge in [0.25, 0.3) is 0 Å². The van der Waals surface area contributed by atoms with Crippen molar-refractivity contribution in [3.05, 3.63) is 23.1 Å². The number of aromatic hydroxyl groups is 1. The van der Waals surface area contributed by atoms with Gasteiger partial charge in [0, 0.05) is 13.1 Å². The number of hydrogen-bond donors (Lipinski definition) is 1. The number of nitroso groups, excluding NO2 is 1. The third-order valence-corrected chi connectivity index (χ3v) is 2.19. The highest BCUT2D eigenvalue weighted by atomic mass is 16.3. The van der Waals surface area contributed by atoms with Gasteiger partial charge in [-0.15, -0.1) is 4.91 Å². The van der Waals surface area contributed by atoms with Gasteiger partial charge < -0.3 is 10.0 Å². The summed E-state index contributed by atoms with van der Waals surface area (Å²) in [5.74, 6) is -0.0654. The molecule has 0 fully saturated rings. The fourth-order valence-electron chi connectivity index (χ4n) is 1.43. The highest BCUT2D eigenvalue weighted by molar-refractivity contribution is 5.72. The summed E-state index contributed by atoms with van der Waals surface area (Å²) in [7, 11) is 0. The molecule has 0 unspecified atom stereocenters. The molecule has 0 heterocycles. The predicted octanol–water partition coefficient (Wildman–Crippen LogP) is 2.64. The molecule has 0 spiro atoms. The lowest BCUT2D eigenvalue weighted by atomic mass is 10.2. The van der Waals surface area contributed by atoms with Crippen LogP contribution in [0, 0.1) is 4.91 Å². The first-order valence-corrected chi connectivity index (χ1v) is 4.64. The van der Waals surface area contributed by atoms with Gasteiger partial charge in [0.05, 0.1) is 5.69 Å². The number of anilines is 1. The van der Waals surface area contributed by atoms with Crippen LogP contribution in [0.25, 0.3) is 0 Å². The van der Waals surface area contributed by atoms with Gasteiger partial charge in [0.15, 0.2) is 5.69 Å². The fraction of sp³-hybridized carbons (Fsp3) is 0.400. The molecule has 0 aromatic heterocycles. The maximum atomic E-state index is 10.5. The van der Waals surface area contributed by atoms with Crippen molar-refractivity contribution in [1.29, 1.82) is 0 Å². The van der Waals surface area contributed by atoms with Crippen molar-refractivity contribution in [2.75, 3.05) is 18.0 Å². The molecule has 0 aliphatic rings. The molecule has 1 rings (SSSR count). The Labute approximate surface area is 83.1 Å². The van der Waals surface area contributed by atoms with E-state index in [2.05, 4.69) is 5.18 Å². The molecule has 0 amide bonds. The Hall–Kier alpha value is -1.58. The third kappa shape index (κ3) is 1.84. The van der Waals surface area contributed by atoms with E-state index in [4.69, 9.17) is 0 Å². The van der Waals surface area contributed by atoms with E-state index < -0.39 is 0 Å². The number of hydrogen-bond acceptors (Lipinski definition) is 4. The van der Waals surface area contributed by atoms with Crippen molar-refractivity contribution < 1.29 is 5.11 Å². The van der Waals surface area contributed by atoms with Crippen molar-refractivity contribution in [2.45, 2.75) is 13.8 Å². The first-order valence-electron chi connectivity index (χ1n) is 4.64. The molecule has 4 nitrogen and oxygen atoms in total. The molecule has 1 N–H and O–H groups in total. The highest BCUT2D eigenvalue weighted by Crippen LogP contribution is 2.36. The minimum Gasteiger partial charge on any atom is -0.505 e. The zero-order valence-corrected chi connectivity index (χ0v) is 8.40. The first-order chi connectivity index (χ1) is 6.74. The molecule has 1 aromatic carbocycles. The Morgan fingerprint density at radius 1 is 1.36 bits per heavy atom. The molecule has 4 heteroatoms. The molecule has 76 valence electrons. The lowest BCUT2D eigenvalue weighted by Crippen LogP contribution is -2.21. The number of benzene rings is 1. The van der Waals surface area contributed by atoms with Gasteiger partial charge in [-0.1, -0.05) is 6.07 Å². The smallest absolute Gasteiger partial charge is 0.172 e. The van der Waals surface area contributed by atoms with Gasteiger partial charge in [0.1, 0.15) is 5.75 Å². The zero-order valence-electron chi connectivity index (χ0n) is 8.40. The second kappa shape index (κ2) is 4.60. The normalized spacial score (nSPS) is 9.86. The van der Waals surface area contributed by atoms with Gasteiger partial charge >= 0.3 is 0 Å². The molecule has 0 bridgehead atoms. The third-order valence-electron chi connectivity index (χ3n) is 2.19. The summed E-state index contributed by atoms with van der Waals surface area (Å²) in [6, 6.07) is 4.95. The molecule has 0 aliphatic carbocycles. The van der Waals surface area contributed by atoms with E-state index in [1.807, 2.05) is 18.7 Å². The summed E-state index contributed by atoms with van der Waals surface area (Å²) in [5, 5.41) is 12.3. The summed E-state index contributed by atoms with van der Waals surface area (Å²) in [6.45, 7) is 5.54. The molecular formula is C10H14N2O2. The number of phenolic OH excluding ortho intramolecular Hbond substituents is 1. The lowest BCUT2D eigenvalue weighted by Gasteiger charge is -2.21. The highest BCUT2D eigenvalue weighted by Gasteiger charge is 2.12. The maximum Gasteiger partial charge on any atom is 0.172 e. The van der Waals surface area contributed by atoms with Crippen LogP contribution in [0.1, 0.15) is 13.8 Å². The van der Waals surface area contributed by atoms with Gasteiger partial charge in [0.2, 0.25) is 0 Å². The second-order valence-corrected chi connectivity index (χ2v) is 2.91. The van der Waals surface area contributed by atoms with Crippen LogP contribution in [0.3, 0.4) is 0 Å². The van der Waals surface area contributed by atoms with Crippen molar-refractivity contribution >= 4 is 11.4 Å². The van der Waals surface area contributed by atoms with Crippen LogP contribution in [-0.2, 0) is 0 Å². The van der Waals surface area contributed by atoms with Gasteiger partial charge in [-0.3, -0.25) is 0 Å². The van der Waals surface area contributed by atoms with E-state index >= 15 is 0 Å². The van der Waals surface area contributed by atoms with Crippen LogP contribution in [-0.4, -0.2) is 18.2 Å². The van der Waals surface area contributed by atoms with Crippen LogP contribution in [0.5, 0.6) is 5.75 Å². The first kappa shape index (κ1) is 10.5. The van der Waals surface area contributed by atoms with E-state index in [0.29, 0.717) is 5.69 Å². The average Bonchev–Trinajstić information content (AvgIpc) is 2.20. The van der Waals surface area contributed by atoms with E-state index in [0.717, 1.165) is 13.1 Å². The molecule has 1 aromatic rings. The monoisotopic (exact) mass is 194 g/mol. The standard InChI is InChI=1S/C10H14N2O2/c1-3-12(4-2)8-6-5-7-9(13)10(8)11-14/h5-7,13H,3-4H2,1-2H3. The predicted molar refractivity (Wildman–Crippen MR) is 57.1 cm³/mol. The Kier molecular flexibility index (Phi) is 3.45. The van der Waals surface area contributed by atoms with Crippen LogP contribution in [0.15, 0.2) is 23.4 Å². The topological polar surface area (TPSA) is 52.9 Å². The molecule has 0 radical (unpaired) electrons. The summed E-state index contributed by atoms with van der Waals surface area (Å²) >= 11 is 0. The fourth-order valence-corrected chi connectivity index (χ4v) is 1.43. The maximum absolute atomic E-state index is 10.5. The molecule has 14 heavy (non-hydrogen) atoms. The SMILES string of the molecule is CCN(CC)c1cccc(O)c1N=O. The van der Waals surface area contributed by atoms with Crippen molar-refractivity contribution in [3.8, 4) is 5.75 Å². The summed E-state index contributed by atoms with van der Waals surface area (Å²) in [6.07, 6.45) is 0. The molecule has 0 aliphatic heterocycles. The number of phenols is 1. The molecule has 0 saturated carbocycles. The Morgan fingerprint density at radius 3 is 2.50 bits per heavy atom. The molecular weight excluding hydrogens is 180 g/mol. The van der Waals surface area contributed by atoms with Crippen LogP contribution < -0.4 is 4.90 Å². The van der Waals surface area contributed by atoms with Crippen molar-refractivity contribution in [2.24, 2.45) is 5.18 Å². The van der Waals surface area contributed by atoms with E-state index in [1.165, 1.54) is 6.07 Å². The van der Waals surface area contributed by atoms with E-state index in [-0.39, 0.29) is 11.4 Å². The Morgan fingerprint density at radius 2 is 2.00 bits per heavy atom. The molecule has 0 atom stereocenters. The van der Waals surface area contributed by atoms with Crippen LogP contribution in [0.2, 0.25) is 0 Å². The van der Waals surface area contributed by atoms with Gasteiger partial charge in [-0.25, -0.2) is 0 Å². The Balaban J connectivity index is 3.18. The Bertz CT molecular complexity index is 322. The average molecular weight is 194 g/mol. The zero-order chi connectivity index (χ0) is 10.6. The van der Waals surface area contributed by atoms with Gasteiger partial charge in [-0.05, 0) is 31.2 Å². The summed E-state index contributed by atoms with van der Waals surface area (Å²) in [4.78, 5) is 12.5. The summed E-state index contributed by atoms with van der Waals surface area (Å²) in [5.41, 5.74) is 0.807. The minimum atomic E-state index is -0.0654. The van der Waals surface area contributed by atoms with E-state index in [1.54, 1.807) is 12.1 Å². The summed E-state index contributed by atoms with van der Waals surface area (Å²) < 4.78 is 0. The largest absolute Gasteiger partial charge is 0.505 e. The van der Waals surface area contributed by atoms with Crippen LogP contribution in [0.4, 0.5) is 11.4 Å². The lowest BCUT2D eigenvalue weighted by molar-refractivity contribution is 0.476. The van der Waals surface area contributed by atoms with Crippen LogP contribution >= 0.6 is 0 Å². The minimum absolute atomic E-state index is 0.0654. The quantitative estimate of drug-likeness (QED) is 0.749.